The minimum absolute atomic E-state index is 0.0242. The zero-order valence-electron chi connectivity index (χ0n) is 22.6. The molecule has 0 aliphatic carbocycles. The van der Waals surface area contributed by atoms with Gasteiger partial charge in [0.15, 0.2) is 11.0 Å². The van der Waals surface area contributed by atoms with Gasteiger partial charge in [-0.1, -0.05) is 42.1 Å². The third-order valence-electron chi connectivity index (χ3n) is 7.30. The average Bonchev–Trinajstić information content (AvgIpc) is 3.56. The van der Waals surface area contributed by atoms with Gasteiger partial charge in [-0.2, -0.15) is 10.1 Å². The van der Waals surface area contributed by atoms with E-state index in [1.165, 1.54) is 11.8 Å². The number of thioether (sulfide) groups is 1. The Balaban J connectivity index is 1.11. The third kappa shape index (κ3) is 5.73. The standard InChI is InChI=1S/C29H30N8O3S/c1-19-17-24(34-33-19)31-25(38)18-41-29-30-22-10-6-5-9-21(22)27-32-28(40)23(37(27)29)11-12-26(39)36-15-13-35(14-16-36)20-7-3-2-4-8-20/h2-10,17,23H,11-16,18H2,1H3,(H2,31,33,34,38). The highest BCUT2D eigenvalue weighted by atomic mass is 32.2. The van der Waals surface area contributed by atoms with E-state index in [1.807, 2.05) is 54.3 Å². The maximum Gasteiger partial charge on any atom is 0.270 e. The first-order chi connectivity index (χ1) is 20.0. The molecule has 3 aliphatic rings. The number of benzene rings is 2. The van der Waals surface area contributed by atoms with E-state index >= 15 is 0 Å². The Morgan fingerprint density at radius 2 is 1.78 bits per heavy atom. The number of aliphatic imine (C=N–C) groups is 2. The Bertz CT molecular complexity index is 1530. The van der Waals surface area contributed by atoms with Crippen molar-refractivity contribution in [2.75, 3.05) is 42.1 Å². The van der Waals surface area contributed by atoms with Crippen molar-refractivity contribution in [2.45, 2.75) is 25.8 Å². The number of nitrogens with zero attached hydrogens (tertiary/aromatic N) is 6. The van der Waals surface area contributed by atoms with Gasteiger partial charge >= 0.3 is 0 Å². The number of hydrogen-bond acceptors (Lipinski definition) is 8. The van der Waals surface area contributed by atoms with Crippen molar-refractivity contribution in [3.8, 4) is 0 Å². The van der Waals surface area contributed by atoms with Gasteiger partial charge in [0, 0.05) is 55.6 Å². The topological polar surface area (TPSA) is 126 Å². The summed E-state index contributed by atoms with van der Waals surface area (Å²) in [6.07, 6.45) is 0.531. The number of nitrogens with one attached hydrogen (secondary N) is 2. The number of hydrogen-bond donors (Lipinski definition) is 2. The van der Waals surface area contributed by atoms with Crippen LogP contribution in [-0.2, 0) is 14.4 Å². The second-order valence-corrected chi connectivity index (χ2v) is 11.0. The van der Waals surface area contributed by atoms with Crippen molar-refractivity contribution >= 4 is 57.7 Å². The number of amidine groups is 2. The van der Waals surface area contributed by atoms with E-state index in [4.69, 9.17) is 4.99 Å². The van der Waals surface area contributed by atoms with Gasteiger partial charge in [0.1, 0.15) is 11.9 Å². The molecule has 0 radical (unpaired) electrons. The van der Waals surface area contributed by atoms with Crippen LogP contribution in [0.5, 0.6) is 0 Å². The number of carbonyl (C=O) groups is 3. The SMILES string of the molecule is Cc1cc(NC(=O)CSC2=Nc3ccccc3C3=NC(=O)C(CCC(=O)N4CCN(c5ccccc5)CC4)N23)n[nH]1. The zero-order valence-corrected chi connectivity index (χ0v) is 23.4. The van der Waals surface area contributed by atoms with E-state index in [0.29, 0.717) is 42.0 Å². The molecule has 41 heavy (non-hydrogen) atoms. The lowest BCUT2D eigenvalue weighted by atomic mass is 10.1. The van der Waals surface area contributed by atoms with E-state index in [0.717, 1.165) is 30.0 Å². The first kappa shape index (κ1) is 26.8. The molecule has 0 bridgehead atoms. The van der Waals surface area contributed by atoms with Crippen LogP contribution >= 0.6 is 11.8 Å². The van der Waals surface area contributed by atoms with E-state index < -0.39 is 6.04 Å². The largest absolute Gasteiger partial charge is 0.368 e. The van der Waals surface area contributed by atoms with Gasteiger partial charge in [-0.3, -0.25) is 24.4 Å². The minimum Gasteiger partial charge on any atom is -0.368 e. The minimum atomic E-state index is -0.656. The number of aromatic amines is 1. The molecule has 6 rings (SSSR count). The van der Waals surface area contributed by atoms with Crippen LogP contribution in [0.1, 0.15) is 24.1 Å². The molecule has 0 saturated carbocycles. The number of H-pyrrole nitrogens is 1. The lowest BCUT2D eigenvalue weighted by Crippen LogP contribution is -2.49. The number of rotatable bonds is 7. The fraction of sp³-hybridized carbons (Fsp3) is 0.310. The molecule has 3 aromatic rings. The lowest BCUT2D eigenvalue weighted by molar-refractivity contribution is -0.132. The predicted octanol–water partition coefficient (Wildman–Crippen LogP) is 3.18. The molecular weight excluding hydrogens is 540 g/mol. The Labute approximate surface area is 241 Å². The summed E-state index contributed by atoms with van der Waals surface area (Å²) in [6, 6.07) is 18.8. The van der Waals surface area contributed by atoms with Crippen molar-refractivity contribution in [1.29, 1.82) is 0 Å². The molecule has 1 fully saturated rings. The summed E-state index contributed by atoms with van der Waals surface area (Å²) in [6.45, 7) is 4.66. The molecule has 1 saturated heterocycles. The van der Waals surface area contributed by atoms with Gasteiger partial charge in [0.2, 0.25) is 11.8 Å². The monoisotopic (exact) mass is 570 g/mol. The summed E-state index contributed by atoms with van der Waals surface area (Å²) >= 11 is 1.23. The number of aromatic nitrogens is 2. The molecule has 2 aromatic carbocycles. The Morgan fingerprint density at radius 1 is 1.02 bits per heavy atom. The Kier molecular flexibility index (Phi) is 7.55. The van der Waals surface area contributed by atoms with Crippen LogP contribution in [0.15, 0.2) is 70.6 Å². The van der Waals surface area contributed by atoms with Crippen LogP contribution in [0.3, 0.4) is 0 Å². The fourth-order valence-corrected chi connectivity index (χ4v) is 6.09. The van der Waals surface area contributed by atoms with Crippen molar-refractivity contribution in [3.63, 3.8) is 0 Å². The van der Waals surface area contributed by atoms with E-state index in [-0.39, 0.29) is 29.9 Å². The molecule has 3 amide bonds. The molecule has 1 atom stereocenters. The molecule has 210 valence electrons. The molecular formula is C29H30N8O3S. The summed E-state index contributed by atoms with van der Waals surface area (Å²) in [5.41, 5.74) is 3.44. The Morgan fingerprint density at radius 3 is 2.54 bits per heavy atom. The number of para-hydroxylation sites is 2. The fourth-order valence-electron chi connectivity index (χ4n) is 5.24. The molecule has 3 aliphatic heterocycles. The molecule has 2 N–H and O–H groups in total. The molecule has 1 aromatic heterocycles. The maximum atomic E-state index is 13.2. The van der Waals surface area contributed by atoms with Crippen molar-refractivity contribution in [3.05, 3.63) is 71.9 Å². The van der Waals surface area contributed by atoms with Crippen LogP contribution in [-0.4, -0.2) is 86.7 Å². The van der Waals surface area contributed by atoms with Gasteiger partial charge in [-0.15, -0.1) is 0 Å². The van der Waals surface area contributed by atoms with Crippen LogP contribution in [0.2, 0.25) is 0 Å². The lowest BCUT2D eigenvalue weighted by Gasteiger charge is -2.36. The second-order valence-electron chi connectivity index (χ2n) is 10.1. The molecule has 0 spiro atoms. The van der Waals surface area contributed by atoms with Gasteiger partial charge in [0.05, 0.1) is 11.4 Å². The first-order valence-corrected chi connectivity index (χ1v) is 14.6. The molecule has 4 heterocycles. The molecule has 11 nitrogen and oxygen atoms in total. The highest BCUT2D eigenvalue weighted by Gasteiger charge is 2.42. The molecule has 12 heteroatoms. The second kappa shape index (κ2) is 11.6. The van der Waals surface area contributed by atoms with Crippen molar-refractivity contribution in [1.82, 2.24) is 20.0 Å². The first-order valence-electron chi connectivity index (χ1n) is 13.6. The van der Waals surface area contributed by atoms with Crippen LogP contribution in [0, 0.1) is 6.92 Å². The molecule has 1 unspecified atom stereocenters. The number of piperazine rings is 1. The summed E-state index contributed by atoms with van der Waals surface area (Å²) in [7, 11) is 0. The third-order valence-corrected chi connectivity index (χ3v) is 8.25. The van der Waals surface area contributed by atoms with Crippen LogP contribution in [0.4, 0.5) is 17.2 Å². The number of fused-ring (bicyclic) bond motifs is 3. The van der Waals surface area contributed by atoms with E-state index in [1.54, 1.807) is 11.0 Å². The Hall–Kier alpha value is -4.45. The van der Waals surface area contributed by atoms with Gasteiger partial charge < -0.3 is 15.1 Å². The summed E-state index contributed by atoms with van der Waals surface area (Å²) < 4.78 is 0. The number of carbonyl (C=O) groups excluding carboxylic acids is 3. The quantitative estimate of drug-likeness (QED) is 0.447. The van der Waals surface area contributed by atoms with Crippen LogP contribution < -0.4 is 10.2 Å². The van der Waals surface area contributed by atoms with E-state index in [2.05, 4.69) is 37.5 Å². The highest BCUT2D eigenvalue weighted by Crippen LogP contribution is 2.35. The smallest absolute Gasteiger partial charge is 0.270 e. The van der Waals surface area contributed by atoms with Gasteiger partial charge in [0.25, 0.3) is 5.91 Å². The van der Waals surface area contributed by atoms with Crippen molar-refractivity contribution < 1.29 is 14.4 Å². The van der Waals surface area contributed by atoms with Gasteiger partial charge in [-0.25, -0.2) is 4.99 Å². The number of amides is 3. The summed E-state index contributed by atoms with van der Waals surface area (Å²) in [5.74, 6) is 0.513. The number of anilines is 2. The van der Waals surface area contributed by atoms with Gasteiger partial charge in [-0.05, 0) is 37.6 Å². The average molecular weight is 571 g/mol. The highest BCUT2D eigenvalue weighted by molar-refractivity contribution is 8.14. The maximum absolute atomic E-state index is 13.2. The van der Waals surface area contributed by atoms with Crippen LogP contribution in [0.25, 0.3) is 0 Å². The van der Waals surface area contributed by atoms with E-state index in [9.17, 15) is 14.4 Å². The predicted molar refractivity (Wildman–Crippen MR) is 160 cm³/mol. The van der Waals surface area contributed by atoms with Crippen molar-refractivity contribution in [2.24, 2.45) is 9.98 Å². The normalized spacial score (nSPS) is 18.0. The summed E-state index contributed by atoms with van der Waals surface area (Å²) in [4.78, 5) is 54.1. The zero-order chi connectivity index (χ0) is 28.3. The number of aryl methyl sites for hydroxylation is 1. The summed E-state index contributed by atoms with van der Waals surface area (Å²) in [5, 5.41) is 10.1.